The van der Waals surface area contributed by atoms with E-state index in [0.717, 1.165) is 43.4 Å². The van der Waals surface area contributed by atoms with Gasteiger partial charge in [0.15, 0.2) is 0 Å². The van der Waals surface area contributed by atoms with Crippen molar-refractivity contribution in [3.05, 3.63) is 84.9 Å². The maximum atomic E-state index is 10.4. The van der Waals surface area contributed by atoms with Crippen molar-refractivity contribution in [3.63, 3.8) is 0 Å². The van der Waals surface area contributed by atoms with E-state index in [2.05, 4.69) is 34.1 Å². The molecule has 1 N–H and O–H groups in total. The molecule has 1 saturated heterocycles. The molecule has 0 bridgehead atoms. The quantitative estimate of drug-likeness (QED) is 0.614. The van der Waals surface area contributed by atoms with Gasteiger partial charge in [-0.2, -0.15) is 0 Å². The lowest BCUT2D eigenvalue weighted by molar-refractivity contribution is 0.0663. The van der Waals surface area contributed by atoms with Gasteiger partial charge >= 0.3 is 0 Å². The van der Waals surface area contributed by atoms with E-state index in [9.17, 15) is 5.11 Å². The fourth-order valence-electron chi connectivity index (χ4n) is 3.60. The lowest BCUT2D eigenvalue weighted by Crippen LogP contribution is -2.49. The maximum absolute atomic E-state index is 10.4. The van der Waals surface area contributed by atoms with E-state index in [4.69, 9.17) is 9.47 Å². The largest absolute Gasteiger partial charge is 0.491 e. The highest BCUT2D eigenvalue weighted by Gasteiger charge is 2.19. The van der Waals surface area contributed by atoms with E-state index in [0.29, 0.717) is 6.54 Å². The average Bonchev–Trinajstić information content (AvgIpc) is 2.80. The number of anilines is 1. The van der Waals surface area contributed by atoms with Gasteiger partial charge < -0.3 is 19.5 Å². The standard InChI is InChI=1S/C25H28N2O3/c28-22(19-26-15-17-27(18-16-26)21-7-3-1-4-8-21)20-29-23-11-13-25(14-12-23)30-24-9-5-2-6-10-24/h1-14,22,28H,15-20H2. The number of hydrogen-bond donors (Lipinski definition) is 1. The van der Waals surface area contributed by atoms with Crippen LogP contribution in [0.3, 0.4) is 0 Å². The van der Waals surface area contributed by atoms with Crippen LogP contribution in [0, 0.1) is 0 Å². The van der Waals surface area contributed by atoms with Crippen LogP contribution < -0.4 is 14.4 Å². The van der Waals surface area contributed by atoms with E-state index < -0.39 is 6.10 Å². The number of rotatable bonds is 8. The van der Waals surface area contributed by atoms with Gasteiger partial charge in [0.05, 0.1) is 0 Å². The lowest BCUT2D eigenvalue weighted by Gasteiger charge is -2.36. The van der Waals surface area contributed by atoms with Gasteiger partial charge in [-0.3, -0.25) is 4.90 Å². The van der Waals surface area contributed by atoms with Crippen LogP contribution in [0.1, 0.15) is 0 Å². The molecule has 0 radical (unpaired) electrons. The first-order valence-electron chi connectivity index (χ1n) is 10.4. The Bertz CT molecular complexity index is 879. The van der Waals surface area contributed by atoms with Crippen LogP contribution in [0.25, 0.3) is 0 Å². The third-order valence-electron chi connectivity index (χ3n) is 5.21. The molecule has 156 valence electrons. The summed E-state index contributed by atoms with van der Waals surface area (Å²) < 4.78 is 11.5. The van der Waals surface area contributed by atoms with Gasteiger partial charge in [-0.05, 0) is 48.5 Å². The third kappa shape index (κ3) is 5.75. The summed E-state index contributed by atoms with van der Waals surface area (Å²) in [6.45, 7) is 4.73. The second kappa shape index (κ2) is 10.1. The molecule has 1 unspecified atom stereocenters. The molecule has 1 fully saturated rings. The molecule has 0 saturated carbocycles. The van der Waals surface area contributed by atoms with Crippen LogP contribution >= 0.6 is 0 Å². The highest BCUT2D eigenvalue weighted by atomic mass is 16.5. The number of β-amino-alcohol motifs (C(OH)–C–C–N with tert-alkyl or cyclic N) is 1. The smallest absolute Gasteiger partial charge is 0.127 e. The lowest BCUT2D eigenvalue weighted by atomic mass is 10.2. The van der Waals surface area contributed by atoms with Gasteiger partial charge in [-0.1, -0.05) is 36.4 Å². The molecule has 3 aromatic rings. The SMILES string of the molecule is OC(COc1ccc(Oc2ccccc2)cc1)CN1CCN(c2ccccc2)CC1. The average molecular weight is 405 g/mol. The topological polar surface area (TPSA) is 45.2 Å². The zero-order valence-electron chi connectivity index (χ0n) is 17.1. The minimum Gasteiger partial charge on any atom is -0.491 e. The predicted octanol–water partition coefficient (Wildman–Crippen LogP) is 4.04. The number of para-hydroxylation sites is 2. The number of hydrogen-bond acceptors (Lipinski definition) is 5. The molecule has 0 amide bonds. The van der Waals surface area contributed by atoms with Crippen molar-refractivity contribution in [1.29, 1.82) is 0 Å². The van der Waals surface area contributed by atoms with Gasteiger partial charge in [0.2, 0.25) is 0 Å². The zero-order chi connectivity index (χ0) is 20.6. The summed E-state index contributed by atoms with van der Waals surface area (Å²) >= 11 is 0. The van der Waals surface area contributed by atoms with Crippen molar-refractivity contribution in [2.24, 2.45) is 0 Å². The number of aliphatic hydroxyl groups is 1. The Labute approximate surface area is 178 Å². The van der Waals surface area contributed by atoms with E-state index in [1.807, 2.05) is 60.7 Å². The number of ether oxygens (including phenoxy) is 2. The molecule has 1 aliphatic rings. The Balaban J connectivity index is 1.18. The van der Waals surface area contributed by atoms with E-state index in [1.165, 1.54) is 5.69 Å². The van der Waals surface area contributed by atoms with Crippen molar-refractivity contribution in [1.82, 2.24) is 4.90 Å². The molecule has 1 atom stereocenters. The van der Waals surface area contributed by atoms with Crippen molar-refractivity contribution >= 4 is 5.69 Å². The maximum Gasteiger partial charge on any atom is 0.127 e. The summed E-state index contributed by atoms with van der Waals surface area (Å²) in [5.74, 6) is 2.28. The Kier molecular flexibility index (Phi) is 6.85. The Morgan fingerprint density at radius 1 is 0.700 bits per heavy atom. The minimum atomic E-state index is -0.520. The molecular formula is C25H28N2O3. The monoisotopic (exact) mass is 404 g/mol. The zero-order valence-corrected chi connectivity index (χ0v) is 17.1. The summed E-state index contributed by atoms with van der Waals surface area (Å²) in [5, 5.41) is 10.4. The minimum absolute atomic E-state index is 0.276. The van der Waals surface area contributed by atoms with Crippen LogP contribution in [0.2, 0.25) is 0 Å². The van der Waals surface area contributed by atoms with Crippen LogP contribution in [0.15, 0.2) is 84.9 Å². The fraction of sp³-hybridized carbons (Fsp3) is 0.280. The molecule has 0 spiro atoms. The molecule has 0 aromatic heterocycles. The van der Waals surface area contributed by atoms with Crippen LogP contribution in [0.5, 0.6) is 17.2 Å². The van der Waals surface area contributed by atoms with Gasteiger partial charge in [0.1, 0.15) is 30.0 Å². The Hall–Kier alpha value is -3.02. The summed E-state index contributed by atoms with van der Waals surface area (Å²) in [6, 6.07) is 27.6. The molecule has 1 heterocycles. The van der Waals surface area contributed by atoms with Gasteiger partial charge in [-0.25, -0.2) is 0 Å². The Morgan fingerprint density at radius 2 is 1.27 bits per heavy atom. The van der Waals surface area contributed by atoms with Crippen LogP contribution in [-0.2, 0) is 0 Å². The van der Waals surface area contributed by atoms with Crippen molar-refractivity contribution in [3.8, 4) is 17.2 Å². The first-order valence-corrected chi connectivity index (χ1v) is 10.4. The van der Waals surface area contributed by atoms with Gasteiger partial charge in [0, 0.05) is 38.4 Å². The number of piperazine rings is 1. The highest BCUT2D eigenvalue weighted by molar-refractivity contribution is 5.46. The number of aliphatic hydroxyl groups excluding tert-OH is 1. The van der Waals surface area contributed by atoms with Crippen molar-refractivity contribution < 1.29 is 14.6 Å². The molecule has 0 aliphatic carbocycles. The Morgan fingerprint density at radius 3 is 1.93 bits per heavy atom. The molecule has 1 aliphatic heterocycles. The molecule has 4 rings (SSSR count). The van der Waals surface area contributed by atoms with E-state index in [1.54, 1.807) is 0 Å². The molecule has 5 heteroatoms. The van der Waals surface area contributed by atoms with Gasteiger partial charge in [-0.15, -0.1) is 0 Å². The molecule has 3 aromatic carbocycles. The fourth-order valence-corrected chi connectivity index (χ4v) is 3.60. The first kappa shape index (κ1) is 20.3. The van der Waals surface area contributed by atoms with E-state index in [-0.39, 0.29) is 6.61 Å². The number of nitrogens with zero attached hydrogens (tertiary/aromatic N) is 2. The predicted molar refractivity (Wildman–Crippen MR) is 120 cm³/mol. The number of benzene rings is 3. The van der Waals surface area contributed by atoms with Crippen molar-refractivity contribution in [2.45, 2.75) is 6.10 Å². The highest BCUT2D eigenvalue weighted by Crippen LogP contribution is 2.23. The third-order valence-corrected chi connectivity index (χ3v) is 5.21. The second-order valence-corrected chi connectivity index (χ2v) is 7.47. The van der Waals surface area contributed by atoms with Crippen molar-refractivity contribution in [2.75, 3.05) is 44.2 Å². The molecule has 30 heavy (non-hydrogen) atoms. The summed E-state index contributed by atoms with van der Waals surface area (Å²) in [5.41, 5.74) is 1.26. The van der Waals surface area contributed by atoms with Crippen LogP contribution in [0.4, 0.5) is 5.69 Å². The van der Waals surface area contributed by atoms with E-state index >= 15 is 0 Å². The first-order chi connectivity index (χ1) is 14.8. The second-order valence-electron chi connectivity index (χ2n) is 7.47. The summed E-state index contributed by atoms with van der Waals surface area (Å²) in [4.78, 5) is 4.68. The summed E-state index contributed by atoms with van der Waals surface area (Å²) in [6.07, 6.45) is -0.520. The summed E-state index contributed by atoms with van der Waals surface area (Å²) in [7, 11) is 0. The molecule has 5 nitrogen and oxygen atoms in total. The normalized spacial score (nSPS) is 15.6. The van der Waals surface area contributed by atoms with Gasteiger partial charge in [0.25, 0.3) is 0 Å². The van der Waals surface area contributed by atoms with Crippen LogP contribution in [-0.4, -0.2) is 55.4 Å². The molecular weight excluding hydrogens is 376 g/mol.